The van der Waals surface area contributed by atoms with Crippen molar-refractivity contribution in [3.63, 3.8) is 0 Å². The Hall–Kier alpha value is -2.93. The first kappa shape index (κ1) is 33.0. The van der Waals surface area contributed by atoms with Gasteiger partial charge in [0.2, 0.25) is 5.91 Å². The molecule has 3 amide bonds. The van der Waals surface area contributed by atoms with Crippen molar-refractivity contribution in [2.75, 3.05) is 57.7 Å². The number of nitrogens with zero attached hydrogens (tertiary/aromatic N) is 4. The summed E-state index contributed by atoms with van der Waals surface area (Å²) in [4.78, 5) is 44.9. The highest BCUT2D eigenvalue weighted by Gasteiger charge is 2.40. The van der Waals surface area contributed by atoms with Crippen molar-refractivity contribution in [3.8, 4) is 0 Å². The van der Waals surface area contributed by atoms with E-state index >= 15 is 0 Å². The Kier molecular flexibility index (Phi) is 10.3. The number of piperidine rings is 1. The van der Waals surface area contributed by atoms with Crippen molar-refractivity contribution < 1.29 is 28.3 Å². The maximum Gasteiger partial charge on any atom is 0.258 e. The average molecular weight is 638 g/mol. The predicted octanol–water partition coefficient (Wildman–Crippen LogP) is 3.03. The maximum absolute atomic E-state index is 13.7. The number of carbonyl (C=O) groups excluding carboxylic acids is 3. The fraction of sp³-hybridized carbons (Fsp3) is 0.500. The Labute approximate surface area is 262 Å². The molecule has 0 aromatic heterocycles. The highest BCUT2D eigenvalue weighted by Crippen LogP contribution is 2.30. The van der Waals surface area contributed by atoms with Gasteiger partial charge in [0, 0.05) is 77.1 Å². The van der Waals surface area contributed by atoms with Crippen molar-refractivity contribution in [1.29, 1.82) is 0 Å². The molecular weight excluding hydrogens is 600 g/mol. The van der Waals surface area contributed by atoms with Gasteiger partial charge in [0.15, 0.2) is 5.60 Å². The van der Waals surface area contributed by atoms with Crippen LogP contribution in [-0.4, -0.2) is 107 Å². The molecule has 2 N–H and O–H groups in total. The van der Waals surface area contributed by atoms with Crippen molar-refractivity contribution >= 4 is 48.5 Å². The molecule has 3 saturated heterocycles. The second kappa shape index (κ2) is 13.4. The van der Waals surface area contributed by atoms with E-state index in [0.29, 0.717) is 55.9 Å². The van der Waals surface area contributed by atoms with Crippen molar-refractivity contribution in [2.45, 2.75) is 44.4 Å². The second-order valence-electron chi connectivity index (χ2n) is 11.5. The fourth-order valence-electron chi connectivity index (χ4n) is 6.01. The van der Waals surface area contributed by atoms with E-state index in [1.54, 1.807) is 26.8 Å². The lowest BCUT2D eigenvalue weighted by Crippen LogP contribution is -2.61. The number of rotatable bonds is 6. The van der Waals surface area contributed by atoms with Crippen LogP contribution in [0.2, 0.25) is 5.02 Å². The van der Waals surface area contributed by atoms with E-state index in [1.165, 1.54) is 13.8 Å². The van der Waals surface area contributed by atoms with E-state index < -0.39 is 23.1 Å². The quantitative estimate of drug-likeness (QED) is 0.506. The number of likely N-dealkylation sites (tertiary alicyclic amines) is 2. The molecule has 0 aliphatic carbocycles. The lowest BCUT2D eigenvalue weighted by Gasteiger charge is -2.48. The van der Waals surface area contributed by atoms with Gasteiger partial charge in [-0.05, 0) is 55.7 Å². The fourth-order valence-corrected chi connectivity index (χ4v) is 6.27. The number of piperazine rings is 1. The normalized spacial score (nSPS) is 19.7. The Morgan fingerprint density at radius 3 is 2.05 bits per heavy atom. The SMILES string of the molecule is CC(=O)N1CCN(C(=O)c2ccc(NC3CN(C4CCN(C(=O)[C@@](C)(O)c5cc(F)cc(F)c5)CC4)C3)cc2Cl)CC1.S. The first-order chi connectivity index (χ1) is 19.9. The summed E-state index contributed by atoms with van der Waals surface area (Å²) in [6.07, 6.45) is 1.46. The summed E-state index contributed by atoms with van der Waals surface area (Å²) in [6.45, 7) is 7.32. The van der Waals surface area contributed by atoms with Crippen LogP contribution in [0.15, 0.2) is 36.4 Å². The highest BCUT2D eigenvalue weighted by atomic mass is 35.5. The summed E-state index contributed by atoms with van der Waals surface area (Å²) >= 11 is 6.49. The Morgan fingerprint density at radius 1 is 0.907 bits per heavy atom. The lowest BCUT2D eigenvalue weighted by atomic mass is 9.91. The Balaban J connectivity index is 0.00000423. The first-order valence-corrected chi connectivity index (χ1v) is 14.6. The predicted molar refractivity (Wildman–Crippen MR) is 165 cm³/mol. The number of hydrogen-bond donors (Lipinski definition) is 2. The first-order valence-electron chi connectivity index (χ1n) is 14.3. The van der Waals surface area contributed by atoms with Gasteiger partial charge in [0.25, 0.3) is 11.8 Å². The number of halogens is 3. The topological polar surface area (TPSA) is 96.4 Å². The number of amides is 3. The van der Waals surface area contributed by atoms with Gasteiger partial charge in [-0.25, -0.2) is 8.78 Å². The van der Waals surface area contributed by atoms with Gasteiger partial charge in [0.05, 0.1) is 16.6 Å². The molecule has 5 rings (SSSR count). The smallest absolute Gasteiger partial charge is 0.258 e. The Morgan fingerprint density at radius 2 is 1.49 bits per heavy atom. The molecule has 0 bridgehead atoms. The van der Waals surface area contributed by atoms with E-state index in [9.17, 15) is 28.3 Å². The van der Waals surface area contributed by atoms with Gasteiger partial charge in [-0.15, -0.1) is 0 Å². The summed E-state index contributed by atoms with van der Waals surface area (Å²) in [5, 5.41) is 14.7. The van der Waals surface area contributed by atoms with Crippen LogP contribution in [0.3, 0.4) is 0 Å². The number of nitrogens with one attached hydrogen (secondary N) is 1. The van der Waals surface area contributed by atoms with E-state index in [1.807, 2.05) is 6.07 Å². The molecule has 1 atom stereocenters. The van der Waals surface area contributed by atoms with Crippen LogP contribution in [0.1, 0.15) is 42.6 Å². The van der Waals surface area contributed by atoms with Gasteiger partial charge >= 0.3 is 0 Å². The molecule has 2 aromatic carbocycles. The molecule has 43 heavy (non-hydrogen) atoms. The van der Waals surface area contributed by atoms with Crippen molar-refractivity contribution in [1.82, 2.24) is 19.6 Å². The number of hydrogen-bond acceptors (Lipinski definition) is 6. The molecular formula is C30H38ClF2N5O4S. The maximum atomic E-state index is 13.7. The van der Waals surface area contributed by atoms with Crippen LogP contribution < -0.4 is 5.32 Å². The van der Waals surface area contributed by atoms with Crippen LogP contribution in [0, 0.1) is 11.6 Å². The molecule has 3 aliphatic heterocycles. The summed E-state index contributed by atoms with van der Waals surface area (Å²) < 4.78 is 27.3. The lowest BCUT2D eigenvalue weighted by molar-refractivity contribution is -0.152. The van der Waals surface area contributed by atoms with Crippen LogP contribution in [0.25, 0.3) is 0 Å². The average Bonchev–Trinajstić information content (AvgIpc) is 2.93. The van der Waals surface area contributed by atoms with E-state index in [2.05, 4.69) is 10.2 Å². The van der Waals surface area contributed by atoms with Crippen molar-refractivity contribution in [3.05, 3.63) is 64.2 Å². The minimum absolute atomic E-state index is 0. The summed E-state index contributed by atoms with van der Waals surface area (Å²) in [6, 6.07) is 8.54. The minimum atomic E-state index is -2.02. The molecule has 2 aromatic rings. The zero-order valence-corrected chi connectivity index (χ0v) is 26.0. The number of aliphatic hydroxyl groups is 1. The van der Waals surface area contributed by atoms with Crippen LogP contribution in [-0.2, 0) is 15.2 Å². The molecule has 0 saturated carbocycles. The molecule has 0 unspecified atom stereocenters. The standard InChI is InChI=1S/C30H36ClF2N5O4.H2S/c1-19(39)35-9-11-36(12-10-35)28(40)26-4-3-23(16-27(26)31)34-24-17-38(18-24)25-5-7-37(8-6-25)29(41)30(2,42)20-13-21(32)15-22(33)14-20;/h3-4,13-16,24-25,34,42H,5-12,17-18H2,1-2H3;1H2/t30-;/m0./s1. The van der Waals surface area contributed by atoms with Gasteiger partial charge in [0.1, 0.15) is 11.6 Å². The molecule has 3 heterocycles. The van der Waals surface area contributed by atoms with E-state index in [-0.39, 0.29) is 43.0 Å². The molecule has 0 spiro atoms. The van der Waals surface area contributed by atoms with E-state index in [4.69, 9.17) is 11.6 Å². The third-order valence-electron chi connectivity index (χ3n) is 8.60. The molecule has 0 radical (unpaired) electrons. The van der Waals surface area contributed by atoms with Gasteiger partial charge < -0.3 is 25.1 Å². The largest absolute Gasteiger partial charge is 0.380 e. The number of anilines is 1. The minimum Gasteiger partial charge on any atom is -0.380 e. The van der Waals surface area contributed by atoms with Crippen LogP contribution >= 0.6 is 25.1 Å². The molecule has 234 valence electrons. The second-order valence-corrected chi connectivity index (χ2v) is 11.9. The van der Waals surface area contributed by atoms with Crippen LogP contribution in [0.4, 0.5) is 14.5 Å². The zero-order chi connectivity index (χ0) is 30.2. The van der Waals surface area contributed by atoms with Crippen molar-refractivity contribution in [2.24, 2.45) is 0 Å². The van der Waals surface area contributed by atoms with E-state index in [0.717, 1.165) is 43.8 Å². The number of carbonyl (C=O) groups is 3. The molecule has 13 heteroatoms. The number of benzene rings is 2. The zero-order valence-electron chi connectivity index (χ0n) is 24.3. The van der Waals surface area contributed by atoms with Gasteiger partial charge in [-0.1, -0.05) is 11.6 Å². The highest BCUT2D eigenvalue weighted by molar-refractivity contribution is 7.59. The summed E-state index contributed by atoms with van der Waals surface area (Å²) in [5.41, 5.74) is -0.850. The summed E-state index contributed by atoms with van der Waals surface area (Å²) in [5.74, 6) is -2.38. The van der Waals surface area contributed by atoms with Gasteiger partial charge in [-0.2, -0.15) is 13.5 Å². The van der Waals surface area contributed by atoms with Gasteiger partial charge in [-0.3, -0.25) is 19.3 Å². The third-order valence-corrected chi connectivity index (χ3v) is 8.91. The summed E-state index contributed by atoms with van der Waals surface area (Å²) in [7, 11) is 0. The molecule has 3 fully saturated rings. The monoisotopic (exact) mass is 637 g/mol. The molecule has 9 nitrogen and oxygen atoms in total. The van der Waals surface area contributed by atoms with Crippen LogP contribution in [0.5, 0.6) is 0 Å². The molecule has 3 aliphatic rings. The Bertz CT molecular complexity index is 1340. The third kappa shape index (κ3) is 7.25.